The molecule has 3 rings (SSSR count). The van der Waals surface area contributed by atoms with Gasteiger partial charge in [0.15, 0.2) is 11.5 Å². The lowest BCUT2D eigenvalue weighted by atomic mass is 10.3. The van der Waals surface area contributed by atoms with Gasteiger partial charge in [0.05, 0.1) is 22.0 Å². The van der Waals surface area contributed by atoms with Crippen LogP contribution in [0.3, 0.4) is 0 Å². The van der Waals surface area contributed by atoms with E-state index < -0.39 is 16.0 Å². The number of aliphatic carboxylic acids is 1. The number of nitrogens with one attached hydrogen (secondary N) is 1. The van der Waals surface area contributed by atoms with Crippen molar-refractivity contribution < 1.29 is 27.8 Å². The Morgan fingerprint density at radius 1 is 1.33 bits per heavy atom. The molecule has 0 fully saturated rings. The molecule has 2 heterocycles. The Labute approximate surface area is 142 Å². The highest BCUT2D eigenvalue weighted by molar-refractivity contribution is 7.89. The van der Waals surface area contributed by atoms with Crippen LogP contribution in [-0.2, 0) is 27.7 Å². The van der Waals surface area contributed by atoms with Crippen LogP contribution in [0.2, 0.25) is 0 Å². The first-order valence-electron chi connectivity index (χ1n) is 6.98. The predicted octanol–water partition coefficient (Wildman–Crippen LogP) is 1.02. The molecule has 1 aliphatic heterocycles. The van der Waals surface area contributed by atoms with Crippen molar-refractivity contribution >= 4 is 27.3 Å². The second-order valence-corrected chi connectivity index (χ2v) is 7.68. The number of carbonyl (C=O) groups is 1. The van der Waals surface area contributed by atoms with Crippen molar-refractivity contribution in [1.82, 2.24) is 9.71 Å². The fourth-order valence-electron chi connectivity index (χ4n) is 2.12. The van der Waals surface area contributed by atoms with Crippen LogP contribution >= 0.6 is 11.3 Å². The van der Waals surface area contributed by atoms with Crippen LogP contribution in [0.25, 0.3) is 0 Å². The lowest BCUT2D eigenvalue weighted by Gasteiger charge is -2.06. The van der Waals surface area contributed by atoms with Crippen LogP contribution in [0.4, 0.5) is 0 Å². The molecule has 1 aliphatic rings. The molecule has 24 heavy (non-hydrogen) atoms. The molecule has 0 radical (unpaired) electrons. The third-order valence-corrected chi connectivity index (χ3v) is 5.63. The Bertz CT molecular complexity index is 862. The summed E-state index contributed by atoms with van der Waals surface area (Å²) in [6, 6.07) is 4.42. The minimum atomic E-state index is -3.67. The molecule has 1 aromatic heterocycles. The first kappa shape index (κ1) is 16.7. The highest BCUT2D eigenvalue weighted by atomic mass is 32.2. The number of hydrogen-bond acceptors (Lipinski definition) is 7. The van der Waals surface area contributed by atoms with Crippen LogP contribution < -0.4 is 14.2 Å². The van der Waals surface area contributed by atoms with E-state index in [1.165, 1.54) is 23.5 Å². The zero-order valence-corrected chi connectivity index (χ0v) is 14.0. The van der Waals surface area contributed by atoms with Crippen LogP contribution in [-0.4, -0.2) is 37.8 Å². The maximum Gasteiger partial charge on any atom is 0.309 e. The maximum atomic E-state index is 12.3. The minimum Gasteiger partial charge on any atom is -0.481 e. The van der Waals surface area contributed by atoms with Crippen LogP contribution in [0.5, 0.6) is 11.5 Å². The average molecular weight is 370 g/mol. The fraction of sp³-hybridized carbons (Fsp3) is 0.286. The molecule has 128 valence electrons. The van der Waals surface area contributed by atoms with Gasteiger partial charge in [0.2, 0.25) is 16.8 Å². The number of rotatable bonds is 7. The van der Waals surface area contributed by atoms with Crippen molar-refractivity contribution in [1.29, 1.82) is 0 Å². The topological polar surface area (TPSA) is 115 Å². The van der Waals surface area contributed by atoms with Gasteiger partial charge in [0.1, 0.15) is 0 Å². The number of aromatic nitrogens is 1. The van der Waals surface area contributed by atoms with Crippen LogP contribution in [0.15, 0.2) is 28.5 Å². The average Bonchev–Trinajstić information content (AvgIpc) is 3.14. The van der Waals surface area contributed by atoms with Gasteiger partial charge in [-0.1, -0.05) is 0 Å². The van der Waals surface area contributed by atoms with Gasteiger partial charge < -0.3 is 14.6 Å². The van der Waals surface area contributed by atoms with Crippen LogP contribution in [0, 0.1) is 0 Å². The predicted molar refractivity (Wildman–Crippen MR) is 84.9 cm³/mol. The molecule has 0 saturated heterocycles. The zero-order valence-electron chi connectivity index (χ0n) is 12.4. The Morgan fingerprint density at radius 3 is 2.92 bits per heavy atom. The number of hydrogen-bond donors (Lipinski definition) is 2. The molecular formula is C14H14N2O6S2. The molecule has 10 heteroatoms. The van der Waals surface area contributed by atoms with Gasteiger partial charge in [0.25, 0.3) is 0 Å². The normalized spacial score (nSPS) is 13.2. The molecule has 0 amide bonds. The summed E-state index contributed by atoms with van der Waals surface area (Å²) < 4.78 is 37.4. The van der Waals surface area contributed by atoms with Crippen molar-refractivity contribution in [2.75, 3.05) is 13.3 Å². The first-order valence-corrected chi connectivity index (χ1v) is 9.35. The Hall–Kier alpha value is -2.17. The van der Waals surface area contributed by atoms with Crippen molar-refractivity contribution in [3.05, 3.63) is 34.3 Å². The van der Waals surface area contributed by atoms with Crippen molar-refractivity contribution in [2.45, 2.75) is 17.7 Å². The van der Waals surface area contributed by atoms with Gasteiger partial charge in [-0.25, -0.2) is 18.1 Å². The maximum absolute atomic E-state index is 12.3. The molecule has 1 aromatic carbocycles. The highest BCUT2D eigenvalue weighted by Gasteiger charge is 2.20. The summed E-state index contributed by atoms with van der Waals surface area (Å²) in [5.74, 6) is -0.0332. The smallest absolute Gasteiger partial charge is 0.309 e. The number of carboxylic acid groups (broad SMARTS) is 1. The molecule has 0 aliphatic carbocycles. The van der Waals surface area contributed by atoms with E-state index in [1.54, 1.807) is 11.4 Å². The first-order chi connectivity index (χ1) is 11.4. The summed E-state index contributed by atoms with van der Waals surface area (Å²) in [5.41, 5.74) is 0.473. The standard InChI is InChI=1S/C14H14N2O6S2/c17-14(18)5-9-7-23-13(16-9)3-4-15-24(19,20)10-1-2-11-12(6-10)22-8-21-11/h1-2,6-7,15H,3-5,8H2,(H,17,18). The number of carboxylic acids is 1. The van der Waals surface area contributed by atoms with Gasteiger partial charge in [-0.3, -0.25) is 4.79 Å². The third kappa shape index (κ3) is 3.83. The lowest BCUT2D eigenvalue weighted by molar-refractivity contribution is -0.136. The quantitative estimate of drug-likeness (QED) is 0.748. The number of sulfonamides is 1. The molecule has 0 atom stereocenters. The molecule has 8 nitrogen and oxygen atoms in total. The van der Waals surface area contributed by atoms with E-state index in [9.17, 15) is 13.2 Å². The SMILES string of the molecule is O=C(O)Cc1csc(CCNS(=O)(=O)c2ccc3c(c2)OCO3)n1. The summed E-state index contributed by atoms with van der Waals surface area (Å²) in [4.78, 5) is 14.9. The second kappa shape index (κ2) is 6.75. The van der Waals surface area contributed by atoms with E-state index in [2.05, 4.69) is 9.71 Å². The molecule has 0 saturated carbocycles. The van der Waals surface area contributed by atoms with Gasteiger partial charge in [-0.2, -0.15) is 0 Å². The van der Waals surface area contributed by atoms with E-state index >= 15 is 0 Å². The number of fused-ring (bicyclic) bond motifs is 1. The molecule has 0 unspecified atom stereocenters. The molecule has 0 spiro atoms. The highest BCUT2D eigenvalue weighted by Crippen LogP contribution is 2.33. The number of ether oxygens (including phenoxy) is 2. The Balaban J connectivity index is 1.59. The monoisotopic (exact) mass is 370 g/mol. The summed E-state index contributed by atoms with van der Waals surface area (Å²) in [5, 5.41) is 11.0. The van der Waals surface area contributed by atoms with Gasteiger partial charge in [-0.15, -0.1) is 11.3 Å². The Kier molecular flexibility index (Phi) is 4.69. The zero-order chi connectivity index (χ0) is 17.2. The van der Waals surface area contributed by atoms with Gasteiger partial charge in [-0.05, 0) is 12.1 Å². The summed E-state index contributed by atoms with van der Waals surface area (Å²) >= 11 is 1.31. The number of nitrogens with zero attached hydrogens (tertiary/aromatic N) is 1. The molecule has 0 bridgehead atoms. The number of thiazole rings is 1. The third-order valence-electron chi connectivity index (χ3n) is 3.22. The van der Waals surface area contributed by atoms with Crippen molar-refractivity contribution in [3.8, 4) is 11.5 Å². The van der Waals surface area contributed by atoms with Crippen molar-refractivity contribution in [3.63, 3.8) is 0 Å². The Morgan fingerprint density at radius 2 is 2.12 bits per heavy atom. The molecule has 2 N–H and O–H groups in total. The van der Waals surface area contributed by atoms with Crippen LogP contribution in [0.1, 0.15) is 10.7 Å². The van der Waals surface area contributed by atoms with E-state index in [0.717, 1.165) is 0 Å². The van der Waals surface area contributed by atoms with Gasteiger partial charge in [0, 0.05) is 24.4 Å². The van der Waals surface area contributed by atoms with E-state index in [-0.39, 0.29) is 24.7 Å². The molecule has 2 aromatic rings. The van der Waals surface area contributed by atoms with E-state index in [1.807, 2.05) is 0 Å². The summed E-state index contributed by atoms with van der Waals surface area (Å²) in [6.07, 6.45) is 0.244. The number of benzene rings is 1. The van der Waals surface area contributed by atoms with E-state index in [4.69, 9.17) is 14.6 Å². The minimum absolute atomic E-state index is 0.0784. The van der Waals surface area contributed by atoms with Crippen molar-refractivity contribution in [2.24, 2.45) is 0 Å². The summed E-state index contributed by atoms with van der Waals surface area (Å²) in [7, 11) is -3.67. The second-order valence-electron chi connectivity index (χ2n) is 4.97. The lowest BCUT2D eigenvalue weighted by Crippen LogP contribution is -2.26. The van der Waals surface area contributed by atoms with Gasteiger partial charge >= 0.3 is 5.97 Å². The largest absolute Gasteiger partial charge is 0.481 e. The fourth-order valence-corrected chi connectivity index (χ4v) is 3.96. The summed E-state index contributed by atoms with van der Waals surface area (Å²) in [6.45, 7) is 0.242. The van der Waals surface area contributed by atoms with E-state index in [0.29, 0.717) is 28.6 Å². The molecular weight excluding hydrogens is 356 g/mol.